The van der Waals surface area contributed by atoms with Crippen molar-refractivity contribution in [3.63, 3.8) is 0 Å². The van der Waals surface area contributed by atoms with Gasteiger partial charge in [-0.05, 0) is 0 Å². The van der Waals surface area contributed by atoms with Crippen LogP contribution >= 0.6 is 0 Å². The Morgan fingerprint density at radius 3 is 2.00 bits per heavy atom. The van der Waals surface area contributed by atoms with E-state index in [-0.39, 0.29) is 26.2 Å². The molecule has 5 rings (SSSR count). The first-order valence-corrected chi connectivity index (χ1v) is 9.48. The molecule has 0 nitrogen and oxygen atoms in total. The molecule has 0 aromatic heterocycles. The van der Waals surface area contributed by atoms with Crippen LogP contribution in [0, 0.1) is 13.0 Å². The van der Waals surface area contributed by atoms with Gasteiger partial charge in [0.1, 0.15) is 0 Å². The Balaban J connectivity index is 0.000000153. The third-order valence-electron chi connectivity index (χ3n) is 4.31. The second-order valence-corrected chi connectivity index (χ2v) is 6.32. The Bertz CT molecular complexity index is 970. The Morgan fingerprint density at radius 2 is 1.34 bits per heavy atom. The molecule has 5 aromatic rings. The van der Waals surface area contributed by atoms with Gasteiger partial charge in [-0.1, -0.05) is 23.6 Å². The molecule has 0 atom stereocenters. The van der Waals surface area contributed by atoms with Crippen LogP contribution in [0.2, 0.25) is 0 Å². The van der Waals surface area contributed by atoms with Gasteiger partial charge in [-0.2, -0.15) is 17.7 Å². The zero-order valence-electron chi connectivity index (χ0n) is 16.5. The van der Waals surface area contributed by atoms with Gasteiger partial charge < -0.3 is 66.2 Å². The van der Waals surface area contributed by atoms with E-state index in [0.717, 1.165) is 6.42 Å². The first kappa shape index (κ1) is 22.8. The van der Waals surface area contributed by atoms with E-state index >= 15 is 0 Å². The van der Waals surface area contributed by atoms with Crippen molar-refractivity contribution in [1.29, 1.82) is 0 Å². The van der Waals surface area contributed by atoms with Gasteiger partial charge in [0.15, 0.2) is 0 Å². The van der Waals surface area contributed by atoms with Crippen LogP contribution in [0.4, 0.5) is 0 Å². The van der Waals surface area contributed by atoms with Crippen molar-refractivity contribution in [2.45, 2.75) is 6.42 Å². The Hall–Kier alpha value is -2.50. The summed E-state index contributed by atoms with van der Waals surface area (Å²) in [6.45, 7) is 3.66. The SMILES string of the molecule is [CH2-]C[C-]=Cc1ccccc1.[Zr].c1cc[c-]2[cH-][cH-][cH-][c-]2c1.c1cc[c-]2cccc2c1. The summed E-state index contributed by atoms with van der Waals surface area (Å²) in [4.78, 5) is 0. The molecule has 0 aliphatic heterocycles. The number of fused-ring (bicyclic) bond motifs is 2. The van der Waals surface area contributed by atoms with Crippen molar-refractivity contribution < 1.29 is 26.2 Å². The molecule has 0 saturated carbocycles. The normalized spacial score (nSPS) is 9.97. The molecule has 148 valence electrons. The fourth-order valence-corrected chi connectivity index (χ4v) is 2.88. The zero-order chi connectivity index (χ0) is 19.4. The average molecular weight is 452 g/mol. The number of benzene rings is 3. The minimum Gasteiger partial charge on any atom is -0.642 e. The van der Waals surface area contributed by atoms with Crippen LogP contribution in [-0.2, 0) is 26.2 Å². The fourth-order valence-electron chi connectivity index (χ4n) is 2.88. The number of hydrogen-bond acceptors (Lipinski definition) is 0. The van der Waals surface area contributed by atoms with Gasteiger partial charge in [0.2, 0.25) is 0 Å². The quantitative estimate of drug-likeness (QED) is 0.240. The minimum atomic E-state index is 0. The van der Waals surface area contributed by atoms with Gasteiger partial charge in [-0.15, -0.1) is 47.9 Å². The molecule has 0 fully saturated rings. The van der Waals surface area contributed by atoms with Gasteiger partial charge in [-0.3, -0.25) is 0 Å². The van der Waals surface area contributed by atoms with E-state index in [0.29, 0.717) is 0 Å². The van der Waals surface area contributed by atoms with Gasteiger partial charge >= 0.3 is 0 Å². The standard InChI is InChI=1S/C10H10.2C9H7.Zr/c1-2-3-7-10-8-5-4-6-9-10;2*1-2-5-9-7-3-6-8(9)4-1;/h4-9H,1-2H2;2*1-7H;/q-2;-5;-1;. The summed E-state index contributed by atoms with van der Waals surface area (Å²) in [5.74, 6) is 0. The summed E-state index contributed by atoms with van der Waals surface area (Å²) in [6.07, 6.45) is 5.71. The molecule has 1 heteroatoms. The van der Waals surface area contributed by atoms with E-state index in [2.05, 4.69) is 97.9 Å². The fraction of sp³-hybridized carbons (Fsp3) is 0.0357. The van der Waals surface area contributed by atoms with Gasteiger partial charge in [0.25, 0.3) is 0 Å². The zero-order valence-corrected chi connectivity index (χ0v) is 18.9. The molecule has 0 heterocycles. The Kier molecular flexibility index (Phi) is 10.1. The molecule has 0 saturated heterocycles. The smallest absolute Gasteiger partial charge is 0 e. The van der Waals surface area contributed by atoms with Crippen molar-refractivity contribution in [1.82, 2.24) is 0 Å². The van der Waals surface area contributed by atoms with Crippen LogP contribution in [0.15, 0.2) is 115 Å². The molecule has 0 N–H and O–H groups in total. The molecular weight excluding hydrogens is 428 g/mol. The Morgan fingerprint density at radius 1 is 0.759 bits per heavy atom. The van der Waals surface area contributed by atoms with Crippen molar-refractivity contribution in [3.05, 3.63) is 134 Å². The molecular formula is C28H24Zr-8. The minimum absolute atomic E-state index is 0. The number of hydrogen-bond donors (Lipinski definition) is 0. The predicted octanol–water partition coefficient (Wildman–Crippen LogP) is 7.84. The second-order valence-electron chi connectivity index (χ2n) is 6.32. The summed E-state index contributed by atoms with van der Waals surface area (Å²) in [6, 6.07) is 39.5. The van der Waals surface area contributed by atoms with Crippen molar-refractivity contribution >= 4 is 27.6 Å². The molecule has 29 heavy (non-hydrogen) atoms. The molecule has 0 aliphatic carbocycles. The third kappa shape index (κ3) is 7.44. The van der Waals surface area contributed by atoms with Crippen molar-refractivity contribution in [2.24, 2.45) is 0 Å². The van der Waals surface area contributed by atoms with Crippen molar-refractivity contribution in [2.75, 3.05) is 0 Å². The molecule has 0 aliphatic rings. The summed E-state index contributed by atoms with van der Waals surface area (Å²) < 4.78 is 0. The summed E-state index contributed by atoms with van der Waals surface area (Å²) in [5, 5.41) is 5.32. The van der Waals surface area contributed by atoms with Crippen LogP contribution in [-0.4, -0.2) is 0 Å². The first-order valence-electron chi connectivity index (χ1n) is 9.48. The largest absolute Gasteiger partial charge is 0.642 e. The van der Waals surface area contributed by atoms with Crippen molar-refractivity contribution in [3.8, 4) is 0 Å². The average Bonchev–Trinajstić information content (AvgIpc) is 3.43. The number of rotatable bonds is 2. The third-order valence-corrected chi connectivity index (χ3v) is 4.31. The van der Waals surface area contributed by atoms with Crippen LogP contribution in [0.1, 0.15) is 12.0 Å². The molecule has 0 bridgehead atoms. The van der Waals surface area contributed by atoms with E-state index in [4.69, 9.17) is 0 Å². The number of allylic oxidation sites excluding steroid dienone is 1. The monoisotopic (exact) mass is 450 g/mol. The molecule has 0 spiro atoms. The van der Waals surface area contributed by atoms with Gasteiger partial charge in [0.05, 0.1) is 0 Å². The Labute approximate surface area is 193 Å². The molecule has 0 unspecified atom stereocenters. The molecule has 0 radical (unpaired) electrons. The summed E-state index contributed by atoms with van der Waals surface area (Å²) in [5.41, 5.74) is 1.19. The predicted molar refractivity (Wildman–Crippen MR) is 123 cm³/mol. The van der Waals surface area contributed by atoms with Gasteiger partial charge in [0, 0.05) is 26.2 Å². The van der Waals surface area contributed by atoms with Crippen LogP contribution in [0.3, 0.4) is 0 Å². The maximum absolute atomic E-state index is 3.66. The van der Waals surface area contributed by atoms with Crippen LogP contribution in [0.5, 0.6) is 0 Å². The van der Waals surface area contributed by atoms with E-state index in [1.807, 2.05) is 36.4 Å². The van der Waals surface area contributed by atoms with E-state index < -0.39 is 0 Å². The van der Waals surface area contributed by atoms with Crippen LogP contribution in [0.25, 0.3) is 27.6 Å². The topological polar surface area (TPSA) is 0 Å². The van der Waals surface area contributed by atoms with Gasteiger partial charge in [-0.25, -0.2) is 12.5 Å². The molecule has 5 aromatic carbocycles. The summed E-state index contributed by atoms with van der Waals surface area (Å²) in [7, 11) is 0. The van der Waals surface area contributed by atoms with E-state index in [1.54, 1.807) is 0 Å². The molecule has 0 amide bonds. The maximum Gasteiger partial charge on any atom is 0 e. The van der Waals surface area contributed by atoms with E-state index in [9.17, 15) is 0 Å². The van der Waals surface area contributed by atoms with E-state index in [1.165, 1.54) is 27.1 Å². The first-order chi connectivity index (χ1) is 13.9. The summed E-state index contributed by atoms with van der Waals surface area (Å²) >= 11 is 0. The maximum atomic E-state index is 3.66. The second kappa shape index (κ2) is 12.9. The van der Waals surface area contributed by atoms with Crippen LogP contribution < -0.4 is 0 Å².